The van der Waals surface area contributed by atoms with Gasteiger partial charge in [0.1, 0.15) is 18.9 Å². The molecule has 1 unspecified atom stereocenters. The largest absolute Gasteiger partial charge is 0.512 e. The van der Waals surface area contributed by atoms with Gasteiger partial charge in [-0.1, -0.05) is 25.3 Å². The molecule has 4 rings (SSSR count). The molecule has 208 valence electrons. The summed E-state index contributed by atoms with van der Waals surface area (Å²) in [4.78, 5) is 22.7. The Hall–Kier alpha value is -3.79. The number of hydrogen-bond acceptors (Lipinski definition) is 8. The van der Waals surface area contributed by atoms with Crippen LogP contribution < -0.4 is 10.6 Å². The number of benzene rings is 1. The fraction of sp³-hybridized carbons (Fsp3) is 0.290. The van der Waals surface area contributed by atoms with Gasteiger partial charge in [0, 0.05) is 28.4 Å². The third kappa shape index (κ3) is 6.85. The quantitative estimate of drug-likeness (QED) is 0.0942. The number of esters is 1. The van der Waals surface area contributed by atoms with Gasteiger partial charge in [-0.2, -0.15) is 0 Å². The highest BCUT2D eigenvalue weighted by molar-refractivity contribution is 8.01. The van der Waals surface area contributed by atoms with Gasteiger partial charge in [-0.25, -0.2) is 9.89 Å². The number of aliphatic hydroxyl groups excluding tert-OH is 1. The molecule has 3 heterocycles. The van der Waals surface area contributed by atoms with Gasteiger partial charge in [-0.15, -0.1) is 11.8 Å². The summed E-state index contributed by atoms with van der Waals surface area (Å²) in [5, 5.41) is 15.5. The van der Waals surface area contributed by atoms with Gasteiger partial charge < -0.3 is 9.84 Å². The van der Waals surface area contributed by atoms with E-state index in [4.69, 9.17) is 4.74 Å². The third-order valence-electron chi connectivity index (χ3n) is 6.56. The zero-order valence-electron chi connectivity index (χ0n) is 23.2. The zero-order valence-corrected chi connectivity index (χ0v) is 24.1. The highest BCUT2D eigenvalue weighted by Gasteiger charge is 2.31. The molecule has 0 radical (unpaired) electrons. The van der Waals surface area contributed by atoms with Crippen molar-refractivity contribution in [3.05, 3.63) is 85.0 Å². The topological polar surface area (TPSA) is 99.4 Å². The van der Waals surface area contributed by atoms with E-state index in [1.165, 1.54) is 0 Å². The number of nitrogens with zero attached hydrogens (tertiary/aromatic N) is 3. The van der Waals surface area contributed by atoms with Gasteiger partial charge >= 0.3 is 5.97 Å². The van der Waals surface area contributed by atoms with Gasteiger partial charge in [0.25, 0.3) is 0 Å². The molecule has 9 heteroatoms. The van der Waals surface area contributed by atoms with Gasteiger partial charge in [0.05, 0.1) is 35.6 Å². The second kappa shape index (κ2) is 12.6. The average Bonchev–Trinajstić information content (AvgIpc) is 3.26. The molecule has 1 aromatic carbocycles. The predicted molar refractivity (Wildman–Crippen MR) is 161 cm³/mol. The monoisotopic (exact) mass is 558 g/mol. The van der Waals surface area contributed by atoms with Crippen LogP contribution >= 0.6 is 11.8 Å². The van der Waals surface area contributed by atoms with Crippen molar-refractivity contribution >= 4 is 30.0 Å². The van der Waals surface area contributed by atoms with E-state index >= 15 is 0 Å². The van der Waals surface area contributed by atoms with Crippen molar-refractivity contribution in [2.45, 2.75) is 36.6 Å². The van der Waals surface area contributed by atoms with Crippen LogP contribution in [0.1, 0.15) is 32.0 Å². The molecule has 0 aliphatic carbocycles. The fourth-order valence-corrected chi connectivity index (χ4v) is 5.57. The highest BCUT2D eigenvalue weighted by Crippen LogP contribution is 2.49. The summed E-state index contributed by atoms with van der Waals surface area (Å²) in [7, 11) is 0. The van der Waals surface area contributed by atoms with Gasteiger partial charge in [-0.05, 0) is 67.8 Å². The first kappa shape index (κ1) is 29.2. The third-order valence-corrected chi connectivity index (χ3v) is 7.92. The van der Waals surface area contributed by atoms with Crippen LogP contribution in [0.2, 0.25) is 0 Å². The number of pyridine rings is 2. The number of thioether (sulfide) groups is 1. The first-order valence-electron chi connectivity index (χ1n) is 13.1. The maximum atomic E-state index is 12.3. The van der Waals surface area contributed by atoms with E-state index < -0.39 is 11.6 Å². The Kier molecular flexibility index (Phi) is 9.19. The standard InChI is InChI=1S/C31H35N5O3S/c1-7-36(6)19-35-30-21(3)24-14-23(15-25(29(24)40-30)26-10-8-9-13-33-26)22-11-12-27(34-17-22)31(4,5)39-28(38)18-32-16-20(2)37/h8-15,17,30,32,35H,2-3,6-7,16,18-19H2,1,4-5H3/p+1. The summed E-state index contributed by atoms with van der Waals surface area (Å²) < 4.78 is 7.62. The fourth-order valence-electron chi connectivity index (χ4n) is 4.29. The number of ether oxygens (including phenoxy) is 1. The molecule has 0 amide bonds. The van der Waals surface area contributed by atoms with E-state index in [0.29, 0.717) is 12.4 Å². The van der Waals surface area contributed by atoms with Crippen molar-refractivity contribution in [2.75, 3.05) is 26.3 Å². The summed E-state index contributed by atoms with van der Waals surface area (Å²) in [6.07, 6.45) is 3.60. The Balaban J connectivity index is 1.60. The lowest BCUT2D eigenvalue weighted by atomic mass is 9.95. The molecular weight excluding hydrogens is 522 g/mol. The minimum absolute atomic E-state index is 0.0319. The maximum Gasteiger partial charge on any atom is 0.320 e. The molecular formula is C31H36N5O3S+. The Bertz CT molecular complexity index is 1420. The van der Waals surface area contributed by atoms with Crippen LogP contribution in [0.4, 0.5) is 0 Å². The Morgan fingerprint density at radius 2 is 1.93 bits per heavy atom. The van der Waals surface area contributed by atoms with Gasteiger partial charge in [0.15, 0.2) is 6.67 Å². The molecule has 1 aliphatic rings. The minimum atomic E-state index is -0.936. The molecule has 2 aromatic heterocycles. The SMILES string of the molecule is C=C(O)CNCC(=O)OC(C)(C)c1ccc(-c2cc3c(c(-c4ccccn4)c2)SC(NC[N+](=C)CC)C3=C)cn1. The predicted octanol–water partition coefficient (Wildman–Crippen LogP) is 4.98. The van der Waals surface area contributed by atoms with Crippen molar-refractivity contribution in [3.63, 3.8) is 0 Å². The molecule has 1 aliphatic heterocycles. The number of aliphatic hydroxyl groups is 1. The highest BCUT2D eigenvalue weighted by atomic mass is 32.2. The van der Waals surface area contributed by atoms with E-state index in [0.717, 1.165) is 45.0 Å². The van der Waals surface area contributed by atoms with E-state index in [2.05, 4.69) is 59.5 Å². The van der Waals surface area contributed by atoms with Crippen LogP contribution in [-0.2, 0) is 15.1 Å². The molecule has 3 aromatic rings. The molecule has 40 heavy (non-hydrogen) atoms. The van der Waals surface area contributed by atoms with Crippen LogP contribution in [0.25, 0.3) is 28.0 Å². The number of nitrogens with one attached hydrogen (secondary N) is 2. The second-order valence-electron chi connectivity index (χ2n) is 10.1. The van der Waals surface area contributed by atoms with Crippen molar-refractivity contribution in [2.24, 2.45) is 0 Å². The summed E-state index contributed by atoms with van der Waals surface area (Å²) in [5.41, 5.74) is 5.65. The van der Waals surface area contributed by atoms with Crippen LogP contribution in [0.3, 0.4) is 0 Å². The number of rotatable bonds is 12. The lowest BCUT2D eigenvalue weighted by molar-refractivity contribution is -0.520. The Morgan fingerprint density at radius 1 is 1.15 bits per heavy atom. The van der Waals surface area contributed by atoms with E-state index in [-0.39, 0.29) is 24.2 Å². The first-order valence-corrected chi connectivity index (χ1v) is 14.0. The summed E-state index contributed by atoms with van der Waals surface area (Å²) in [6.45, 7) is 19.1. The molecule has 8 nitrogen and oxygen atoms in total. The molecule has 0 saturated carbocycles. The number of carbonyl (C=O) groups excluding carboxylic acids is 1. The number of hydrogen-bond donors (Lipinski definition) is 3. The molecule has 3 N–H and O–H groups in total. The number of fused-ring (bicyclic) bond motifs is 1. The van der Waals surface area contributed by atoms with Crippen molar-refractivity contribution in [1.29, 1.82) is 0 Å². The summed E-state index contributed by atoms with van der Waals surface area (Å²) in [6, 6.07) is 14.1. The molecule has 0 spiro atoms. The lowest BCUT2D eigenvalue weighted by Crippen LogP contribution is -2.33. The van der Waals surface area contributed by atoms with Crippen LogP contribution in [-0.4, -0.2) is 64.0 Å². The van der Waals surface area contributed by atoms with Crippen molar-refractivity contribution < 1.29 is 19.2 Å². The number of aromatic nitrogens is 2. The van der Waals surface area contributed by atoms with E-state index in [1.54, 1.807) is 38.0 Å². The average molecular weight is 559 g/mol. The van der Waals surface area contributed by atoms with E-state index in [1.807, 2.05) is 34.9 Å². The normalized spacial score (nSPS) is 14.6. The van der Waals surface area contributed by atoms with Crippen molar-refractivity contribution in [1.82, 2.24) is 20.6 Å². The van der Waals surface area contributed by atoms with Crippen LogP contribution in [0, 0.1) is 0 Å². The maximum absolute atomic E-state index is 12.3. The second-order valence-corrected chi connectivity index (χ2v) is 11.2. The van der Waals surface area contributed by atoms with E-state index in [9.17, 15) is 9.90 Å². The Morgan fingerprint density at radius 3 is 2.58 bits per heavy atom. The summed E-state index contributed by atoms with van der Waals surface area (Å²) in [5.74, 6) is -0.492. The number of carbonyl (C=O) groups is 1. The molecule has 0 bridgehead atoms. The first-order chi connectivity index (χ1) is 19.1. The zero-order chi connectivity index (χ0) is 28.9. The molecule has 0 saturated heterocycles. The van der Waals surface area contributed by atoms with Gasteiger partial charge in [0.2, 0.25) is 0 Å². The van der Waals surface area contributed by atoms with Crippen LogP contribution in [0.15, 0.2) is 78.7 Å². The minimum Gasteiger partial charge on any atom is -0.512 e. The summed E-state index contributed by atoms with van der Waals surface area (Å²) >= 11 is 1.75. The van der Waals surface area contributed by atoms with Crippen LogP contribution in [0.5, 0.6) is 0 Å². The molecule has 0 fully saturated rings. The van der Waals surface area contributed by atoms with Crippen molar-refractivity contribution in [3.8, 4) is 22.4 Å². The van der Waals surface area contributed by atoms with Gasteiger partial charge in [-0.3, -0.25) is 20.1 Å². The lowest BCUT2D eigenvalue weighted by Gasteiger charge is -2.25. The smallest absolute Gasteiger partial charge is 0.320 e. The Labute approximate surface area is 239 Å². The molecule has 1 atom stereocenters.